The molecule has 168 valence electrons. The summed E-state index contributed by atoms with van der Waals surface area (Å²) in [5.74, 6) is -1.35. The highest BCUT2D eigenvalue weighted by Crippen LogP contribution is 2.37. The molecule has 1 unspecified atom stereocenters. The number of aryl methyl sites for hydroxylation is 2. The molecule has 4 rings (SSSR count). The van der Waals surface area contributed by atoms with Crippen molar-refractivity contribution in [2.24, 2.45) is 0 Å². The Morgan fingerprint density at radius 2 is 1.88 bits per heavy atom. The summed E-state index contributed by atoms with van der Waals surface area (Å²) in [4.78, 5) is 39.1. The molecule has 0 fully saturated rings. The van der Waals surface area contributed by atoms with Gasteiger partial charge in [0.25, 0.3) is 0 Å². The van der Waals surface area contributed by atoms with Gasteiger partial charge in [-0.3, -0.25) is 14.4 Å². The summed E-state index contributed by atoms with van der Waals surface area (Å²) in [6.45, 7) is 2.65. The molecule has 1 atom stereocenters. The van der Waals surface area contributed by atoms with Gasteiger partial charge in [-0.1, -0.05) is 23.7 Å². The number of amides is 3. The van der Waals surface area contributed by atoms with E-state index in [9.17, 15) is 14.4 Å². The average molecular weight is 456 g/mol. The first kappa shape index (κ1) is 22.3. The van der Waals surface area contributed by atoms with Gasteiger partial charge >= 0.3 is 11.8 Å². The average Bonchev–Trinajstić information content (AvgIpc) is 2.79. The molecule has 0 saturated heterocycles. The molecular formula is C24H26ClN3O4. The van der Waals surface area contributed by atoms with Gasteiger partial charge in [0.15, 0.2) is 0 Å². The van der Waals surface area contributed by atoms with Crippen molar-refractivity contribution in [1.82, 2.24) is 5.32 Å². The Morgan fingerprint density at radius 1 is 1.12 bits per heavy atom. The molecule has 2 aromatic carbocycles. The monoisotopic (exact) mass is 455 g/mol. The summed E-state index contributed by atoms with van der Waals surface area (Å²) in [5.41, 5.74) is 3.57. The van der Waals surface area contributed by atoms with E-state index in [1.807, 2.05) is 30.0 Å². The molecule has 0 aromatic heterocycles. The Kier molecular flexibility index (Phi) is 6.22. The highest BCUT2D eigenvalue weighted by molar-refractivity contribution is 6.39. The van der Waals surface area contributed by atoms with Crippen LogP contribution < -0.4 is 15.5 Å². The number of rotatable bonds is 5. The molecule has 0 spiro atoms. The summed E-state index contributed by atoms with van der Waals surface area (Å²) in [7, 11) is 1.54. The van der Waals surface area contributed by atoms with Gasteiger partial charge in [0.1, 0.15) is 5.60 Å². The van der Waals surface area contributed by atoms with Crippen LogP contribution >= 0.6 is 11.6 Å². The van der Waals surface area contributed by atoms with Crippen molar-refractivity contribution in [2.45, 2.75) is 38.2 Å². The Balaban J connectivity index is 1.44. The van der Waals surface area contributed by atoms with Crippen LogP contribution in [0.1, 0.15) is 36.5 Å². The number of benzene rings is 2. The van der Waals surface area contributed by atoms with Gasteiger partial charge in [0.05, 0.1) is 12.2 Å². The Labute approximate surface area is 192 Å². The van der Waals surface area contributed by atoms with Crippen molar-refractivity contribution in [3.63, 3.8) is 0 Å². The summed E-state index contributed by atoms with van der Waals surface area (Å²) >= 11 is 6.08. The van der Waals surface area contributed by atoms with Gasteiger partial charge in [-0.05, 0) is 67.1 Å². The minimum atomic E-state index is -0.840. The van der Waals surface area contributed by atoms with E-state index < -0.39 is 17.4 Å². The van der Waals surface area contributed by atoms with Crippen molar-refractivity contribution < 1.29 is 19.1 Å². The number of halogens is 1. The molecule has 3 amide bonds. The van der Waals surface area contributed by atoms with E-state index in [-0.39, 0.29) is 12.5 Å². The lowest BCUT2D eigenvalue weighted by molar-refractivity contribution is -0.137. The van der Waals surface area contributed by atoms with E-state index in [0.29, 0.717) is 23.6 Å². The minimum Gasteiger partial charge on any atom is -0.372 e. The van der Waals surface area contributed by atoms with Crippen LogP contribution in [-0.4, -0.2) is 37.9 Å². The van der Waals surface area contributed by atoms with Crippen LogP contribution in [0.25, 0.3) is 0 Å². The van der Waals surface area contributed by atoms with Crippen LogP contribution in [0.5, 0.6) is 0 Å². The second-order valence-electron chi connectivity index (χ2n) is 8.37. The van der Waals surface area contributed by atoms with E-state index in [1.165, 1.54) is 0 Å². The fraction of sp³-hybridized carbons (Fsp3) is 0.375. The first-order valence-electron chi connectivity index (χ1n) is 10.7. The molecular weight excluding hydrogens is 430 g/mol. The van der Waals surface area contributed by atoms with Crippen molar-refractivity contribution in [3.8, 4) is 0 Å². The summed E-state index contributed by atoms with van der Waals surface area (Å²) in [6.07, 6.45) is 2.83. The summed E-state index contributed by atoms with van der Waals surface area (Å²) < 4.78 is 5.61. The predicted molar refractivity (Wildman–Crippen MR) is 123 cm³/mol. The lowest BCUT2D eigenvalue weighted by Gasteiger charge is -2.35. The lowest BCUT2D eigenvalue weighted by Crippen LogP contribution is -2.44. The van der Waals surface area contributed by atoms with E-state index in [1.54, 1.807) is 25.3 Å². The van der Waals surface area contributed by atoms with E-state index in [4.69, 9.17) is 16.3 Å². The number of hydrogen-bond donors (Lipinski definition) is 2. The number of carbonyl (C=O) groups excluding carboxylic acids is 3. The molecule has 8 heteroatoms. The number of anilines is 2. The number of methoxy groups -OCH3 is 1. The van der Waals surface area contributed by atoms with E-state index >= 15 is 0 Å². The highest BCUT2D eigenvalue weighted by Gasteiger charge is 2.31. The molecule has 0 bridgehead atoms. The van der Waals surface area contributed by atoms with Crippen molar-refractivity contribution in [1.29, 1.82) is 0 Å². The standard InChI is InChI=1S/C24H26ClN3O4/c1-24(32-2,17-6-3-7-18(25)13-17)14-26-22(30)23(31)27-19-11-15-5-4-10-28-20(29)9-8-16(12-19)21(15)28/h3,6-7,11-13H,4-5,8-10,14H2,1-2H3,(H,26,30)(H,27,31). The molecule has 2 aromatic rings. The molecule has 2 aliphatic rings. The second-order valence-corrected chi connectivity index (χ2v) is 8.81. The van der Waals surface area contributed by atoms with Gasteiger partial charge in [-0.2, -0.15) is 0 Å². The van der Waals surface area contributed by atoms with Gasteiger partial charge in [0.2, 0.25) is 5.91 Å². The van der Waals surface area contributed by atoms with Gasteiger partial charge in [-0.15, -0.1) is 0 Å². The molecule has 0 aliphatic carbocycles. The zero-order valence-corrected chi connectivity index (χ0v) is 18.9. The fourth-order valence-corrected chi connectivity index (χ4v) is 4.54. The van der Waals surface area contributed by atoms with Crippen LogP contribution in [0.3, 0.4) is 0 Å². The van der Waals surface area contributed by atoms with Gasteiger partial charge in [-0.25, -0.2) is 0 Å². The van der Waals surface area contributed by atoms with Crippen LogP contribution in [-0.2, 0) is 37.6 Å². The highest BCUT2D eigenvalue weighted by atomic mass is 35.5. The third kappa shape index (κ3) is 4.36. The third-order valence-electron chi connectivity index (χ3n) is 6.21. The minimum absolute atomic E-state index is 0.0998. The first-order chi connectivity index (χ1) is 15.3. The van der Waals surface area contributed by atoms with Crippen LogP contribution in [0.4, 0.5) is 11.4 Å². The molecule has 7 nitrogen and oxygen atoms in total. The topological polar surface area (TPSA) is 87.7 Å². The number of nitrogens with one attached hydrogen (secondary N) is 2. The van der Waals surface area contributed by atoms with Crippen molar-refractivity contribution in [2.75, 3.05) is 30.4 Å². The maximum Gasteiger partial charge on any atom is 0.313 e. The Hall–Kier alpha value is -2.90. The zero-order chi connectivity index (χ0) is 22.9. The normalized spacial score (nSPS) is 16.7. The fourth-order valence-electron chi connectivity index (χ4n) is 4.35. The quantitative estimate of drug-likeness (QED) is 0.678. The van der Waals surface area contributed by atoms with Crippen molar-refractivity contribution >= 4 is 40.7 Å². The molecule has 2 N–H and O–H groups in total. The SMILES string of the molecule is COC(C)(CNC(=O)C(=O)Nc1cc2c3c(c1)CCC(=O)N3CCC2)c1cccc(Cl)c1. The van der Waals surface area contributed by atoms with Gasteiger partial charge in [0, 0.05) is 30.8 Å². The number of carbonyl (C=O) groups is 3. The summed E-state index contributed by atoms with van der Waals surface area (Å²) in [6, 6.07) is 10.9. The maximum atomic E-state index is 12.6. The van der Waals surface area contributed by atoms with Crippen LogP contribution in [0.2, 0.25) is 5.02 Å². The molecule has 2 heterocycles. The lowest BCUT2D eigenvalue weighted by atomic mass is 9.91. The molecule has 0 radical (unpaired) electrons. The Morgan fingerprint density at radius 3 is 2.59 bits per heavy atom. The van der Waals surface area contributed by atoms with Crippen LogP contribution in [0, 0.1) is 0 Å². The van der Waals surface area contributed by atoms with Crippen molar-refractivity contribution in [3.05, 3.63) is 58.1 Å². The Bertz CT molecular complexity index is 1070. The maximum absolute atomic E-state index is 12.6. The molecule has 2 aliphatic heterocycles. The van der Waals surface area contributed by atoms with E-state index in [2.05, 4.69) is 10.6 Å². The van der Waals surface area contributed by atoms with Gasteiger partial charge < -0.3 is 20.3 Å². The smallest absolute Gasteiger partial charge is 0.313 e. The largest absolute Gasteiger partial charge is 0.372 e. The first-order valence-corrected chi connectivity index (χ1v) is 11.0. The van der Waals surface area contributed by atoms with E-state index in [0.717, 1.165) is 41.8 Å². The molecule has 0 saturated carbocycles. The third-order valence-corrected chi connectivity index (χ3v) is 6.45. The second kappa shape index (κ2) is 8.92. The number of nitrogens with zero attached hydrogens (tertiary/aromatic N) is 1. The number of ether oxygens (including phenoxy) is 1. The molecule has 32 heavy (non-hydrogen) atoms. The van der Waals surface area contributed by atoms with Crippen LogP contribution in [0.15, 0.2) is 36.4 Å². The predicted octanol–water partition coefficient (Wildman–Crippen LogP) is 3.18. The summed E-state index contributed by atoms with van der Waals surface area (Å²) in [5, 5.41) is 5.92. The number of hydrogen-bond acceptors (Lipinski definition) is 4. The zero-order valence-electron chi connectivity index (χ0n) is 18.2.